The van der Waals surface area contributed by atoms with Crippen molar-refractivity contribution in [2.45, 2.75) is 9.79 Å². The van der Waals surface area contributed by atoms with Gasteiger partial charge in [-0.3, -0.25) is 9.59 Å². The lowest BCUT2D eigenvalue weighted by atomic mass is 9.83. The molecule has 138 valence electrons. The SMILES string of the molecule is O=C1c2ccccc2C(=O)c2c1ccc(C(=O)O)c2S(=O)(=O)c1ccccc1. The summed E-state index contributed by atoms with van der Waals surface area (Å²) < 4.78 is 26.5. The third kappa shape index (κ3) is 2.48. The van der Waals surface area contributed by atoms with E-state index in [1.807, 2.05) is 0 Å². The van der Waals surface area contributed by atoms with Crippen LogP contribution in [0.15, 0.2) is 76.5 Å². The van der Waals surface area contributed by atoms with Crippen molar-refractivity contribution in [1.29, 1.82) is 0 Å². The highest BCUT2D eigenvalue weighted by Crippen LogP contribution is 2.36. The molecule has 0 saturated heterocycles. The minimum atomic E-state index is -4.37. The Morgan fingerprint density at radius 1 is 0.714 bits per heavy atom. The number of carboxylic acid groups (broad SMARTS) is 1. The molecule has 3 aromatic carbocycles. The van der Waals surface area contributed by atoms with Crippen LogP contribution in [0.4, 0.5) is 0 Å². The molecular weight excluding hydrogens is 380 g/mol. The van der Waals surface area contributed by atoms with Crippen molar-refractivity contribution in [3.8, 4) is 0 Å². The van der Waals surface area contributed by atoms with Crippen LogP contribution in [0.3, 0.4) is 0 Å². The Kier molecular flexibility index (Phi) is 3.97. The fourth-order valence-electron chi connectivity index (χ4n) is 3.32. The van der Waals surface area contributed by atoms with Crippen molar-refractivity contribution < 1.29 is 27.9 Å². The van der Waals surface area contributed by atoms with Crippen molar-refractivity contribution in [3.63, 3.8) is 0 Å². The maximum Gasteiger partial charge on any atom is 0.337 e. The molecule has 0 saturated carbocycles. The zero-order chi connectivity index (χ0) is 20.1. The van der Waals surface area contributed by atoms with Crippen LogP contribution in [0, 0.1) is 0 Å². The number of carbonyl (C=O) groups excluding carboxylic acids is 2. The minimum absolute atomic E-state index is 0.0482. The quantitative estimate of drug-likeness (QED) is 0.575. The molecular formula is C21H12O6S. The smallest absolute Gasteiger partial charge is 0.337 e. The molecule has 1 aliphatic carbocycles. The number of fused-ring (bicyclic) bond motifs is 2. The highest BCUT2D eigenvalue weighted by Gasteiger charge is 2.38. The molecule has 0 heterocycles. The Hall–Kier alpha value is -3.58. The lowest BCUT2D eigenvalue weighted by Gasteiger charge is -2.21. The Labute approximate surface area is 160 Å². The number of hydrogen-bond donors (Lipinski definition) is 1. The van der Waals surface area contributed by atoms with Gasteiger partial charge in [-0.2, -0.15) is 0 Å². The molecule has 0 aliphatic heterocycles. The first-order valence-electron chi connectivity index (χ1n) is 8.23. The largest absolute Gasteiger partial charge is 0.478 e. The van der Waals surface area contributed by atoms with Crippen LogP contribution in [0.25, 0.3) is 0 Å². The molecule has 28 heavy (non-hydrogen) atoms. The first-order valence-corrected chi connectivity index (χ1v) is 9.71. The molecule has 4 rings (SSSR count). The molecule has 0 amide bonds. The number of aromatic carboxylic acids is 1. The Morgan fingerprint density at radius 2 is 1.29 bits per heavy atom. The minimum Gasteiger partial charge on any atom is -0.478 e. The van der Waals surface area contributed by atoms with Crippen molar-refractivity contribution in [3.05, 3.63) is 94.5 Å². The monoisotopic (exact) mass is 392 g/mol. The fraction of sp³-hybridized carbons (Fsp3) is 0. The van der Waals surface area contributed by atoms with Gasteiger partial charge in [0.05, 0.1) is 20.9 Å². The molecule has 1 aliphatic rings. The highest BCUT2D eigenvalue weighted by molar-refractivity contribution is 7.91. The Bertz CT molecular complexity index is 1270. The van der Waals surface area contributed by atoms with E-state index in [0.717, 1.165) is 6.07 Å². The van der Waals surface area contributed by atoms with Crippen molar-refractivity contribution in [2.75, 3.05) is 0 Å². The van der Waals surface area contributed by atoms with E-state index in [4.69, 9.17) is 0 Å². The van der Waals surface area contributed by atoms with E-state index >= 15 is 0 Å². The molecule has 7 heteroatoms. The molecule has 0 bridgehead atoms. The third-order valence-electron chi connectivity index (χ3n) is 4.60. The summed E-state index contributed by atoms with van der Waals surface area (Å²) in [6.45, 7) is 0. The molecule has 1 N–H and O–H groups in total. The fourth-order valence-corrected chi connectivity index (χ4v) is 4.99. The van der Waals surface area contributed by atoms with E-state index in [0.29, 0.717) is 0 Å². The molecule has 0 unspecified atom stereocenters. The number of carboxylic acids is 1. The maximum atomic E-state index is 13.3. The van der Waals surface area contributed by atoms with Gasteiger partial charge in [0.25, 0.3) is 0 Å². The summed E-state index contributed by atoms with van der Waals surface area (Å²) in [4.78, 5) is 36.9. The number of rotatable bonds is 3. The van der Waals surface area contributed by atoms with Gasteiger partial charge in [0.1, 0.15) is 0 Å². The third-order valence-corrected chi connectivity index (χ3v) is 6.45. The summed E-state index contributed by atoms with van der Waals surface area (Å²) >= 11 is 0. The van der Waals surface area contributed by atoms with Gasteiger partial charge >= 0.3 is 5.97 Å². The Balaban J connectivity index is 2.12. The second kappa shape index (κ2) is 6.24. The molecule has 0 aromatic heterocycles. The van der Waals surface area contributed by atoms with E-state index in [-0.39, 0.29) is 21.6 Å². The average molecular weight is 392 g/mol. The van der Waals surface area contributed by atoms with Gasteiger partial charge in [0.2, 0.25) is 9.84 Å². The van der Waals surface area contributed by atoms with E-state index < -0.39 is 43.4 Å². The topological polar surface area (TPSA) is 106 Å². The molecule has 0 spiro atoms. The zero-order valence-electron chi connectivity index (χ0n) is 14.2. The van der Waals surface area contributed by atoms with Crippen molar-refractivity contribution in [2.24, 2.45) is 0 Å². The highest BCUT2D eigenvalue weighted by atomic mass is 32.2. The standard InChI is InChI=1S/C21H12O6S/c22-18-13-8-4-5-9-14(13)19(23)17-15(18)10-11-16(21(24)25)20(17)28(26,27)12-6-2-1-3-7-12/h1-11H,(H,24,25). The van der Waals surface area contributed by atoms with Crippen LogP contribution >= 0.6 is 0 Å². The summed E-state index contributed by atoms with van der Waals surface area (Å²) in [5, 5.41) is 9.56. The molecule has 0 radical (unpaired) electrons. The van der Waals surface area contributed by atoms with Crippen molar-refractivity contribution >= 4 is 27.4 Å². The number of hydrogen-bond acceptors (Lipinski definition) is 5. The van der Waals surface area contributed by atoms with Gasteiger partial charge < -0.3 is 5.11 Å². The van der Waals surface area contributed by atoms with E-state index in [2.05, 4.69) is 0 Å². The van der Waals surface area contributed by atoms with Crippen LogP contribution in [0.5, 0.6) is 0 Å². The normalized spacial score (nSPS) is 13.0. The number of ketones is 2. The van der Waals surface area contributed by atoms with E-state index in [1.54, 1.807) is 18.2 Å². The second-order valence-corrected chi connectivity index (χ2v) is 8.08. The Morgan fingerprint density at radius 3 is 1.89 bits per heavy atom. The summed E-state index contributed by atoms with van der Waals surface area (Å²) in [5.74, 6) is -2.72. The summed E-state index contributed by atoms with van der Waals surface area (Å²) in [7, 11) is -4.37. The summed E-state index contributed by atoms with van der Waals surface area (Å²) in [6, 6.07) is 15.5. The van der Waals surface area contributed by atoms with Crippen molar-refractivity contribution in [1.82, 2.24) is 0 Å². The first kappa shape index (κ1) is 17.8. The van der Waals surface area contributed by atoms with E-state index in [1.165, 1.54) is 42.5 Å². The number of carbonyl (C=O) groups is 3. The number of benzene rings is 3. The lowest BCUT2D eigenvalue weighted by molar-refractivity contribution is 0.0692. The van der Waals surface area contributed by atoms with Crippen LogP contribution in [0.1, 0.15) is 42.2 Å². The first-order chi connectivity index (χ1) is 13.3. The van der Waals surface area contributed by atoms with Crippen LogP contribution < -0.4 is 0 Å². The van der Waals surface area contributed by atoms with Gasteiger partial charge in [-0.25, -0.2) is 13.2 Å². The van der Waals surface area contributed by atoms with E-state index in [9.17, 15) is 27.9 Å². The van der Waals surface area contributed by atoms with Gasteiger partial charge in [-0.15, -0.1) is 0 Å². The molecule has 0 atom stereocenters. The molecule has 6 nitrogen and oxygen atoms in total. The molecule has 3 aromatic rings. The molecule has 0 fully saturated rings. The van der Waals surface area contributed by atoms with Crippen LogP contribution in [0.2, 0.25) is 0 Å². The van der Waals surface area contributed by atoms with Crippen LogP contribution in [-0.4, -0.2) is 31.1 Å². The van der Waals surface area contributed by atoms with Gasteiger partial charge in [0.15, 0.2) is 11.6 Å². The summed E-state index contributed by atoms with van der Waals surface area (Å²) in [5.41, 5.74) is -0.864. The summed E-state index contributed by atoms with van der Waals surface area (Å²) in [6.07, 6.45) is 0. The van der Waals surface area contributed by atoms with Gasteiger partial charge in [-0.1, -0.05) is 42.5 Å². The van der Waals surface area contributed by atoms with Gasteiger partial charge in [-0.05, 0) is 24.3 Å². The van der Waals surface area contributed by atoms with Gasteiger partial charge in [0, 0.05) is 16.7 Å². The number of sulfone groups is 1. The predicted molar refractivity (Wildman–Crippen MR) is 98.6 cm³/mol. The zero-order valence-corrected chi connectivity index (χ0v) is 15.1. The average Bonchev–Trinajstić information content (AvgIpc) is 2.71. The predicted octanol–water partition coefficient (Wildman–Crippen LogP) is 2.99. The second-order valence-electron chi connectivity index (χ2n) is 6.19. The van der Waals surface area contributed by atoms with Crippen LogP contribution in [-0.2, 0) is 9.84 Å². The lowest BCUT2D eigenvalue weighted by Crippen LogP contribution is -2.25. The maximum absolute atomic E-state index is 13.3.